The van der Waals surface area contributed by atoms with Gasteiger partial charge in [-0.05, 0) is 46.1 Å². The van der Waals surface area contributed by atoms with Crippen LogP contribution in [0.5, 0.6) is 0 Å². The van der Waals surface area contributed by atoms with Gasteiger partial charge in [0, 0.05) is 0 Å². The molecule has 0 aromatic carbocycles. The number of carbonyl (C=O) groups is 1. The van der Waals surface area contributed by atoms with E-state index in [4.69, 9.17) is 4.74 Å². The minimum Gasteiger partial charge on any atom is -0.459 e. The Labute approximate surface area is 105 Å². The van der Waals surface area contributed by atoms with Crippen LogP contribution in [0.3, 0.4) is 0 Å². The van der Waals surface area contributed by atoms with Crippen molar-refractivity contribution >= 4 is 5.97 Å². The largest absolute Gasteiger partial charge is 0.459 e. The third-order valence-electron chi connectivity index (χ3n) is 3.13. The lowest BCUT2D eigenvalue weighted by atomic mass is 10.0. The highest BCUT2D eigenvalue weighted by Crippen LogP contribution is 2.28. The summed E-state index contributed by atoms with van der Waals surface area (Å²) >= 11 is 0. The fraction of sp³-hybridized carbons (Fsp3) is 0.929. The quantitative estimate of drug-likeness (QED) is 0.574. The Kier molecular flexibility index (Phi) is 5.96. The van der Waals surface area contributed by atoms with Crippen LogP contribution in [0.4, 0.5) is 0 Å². The van der Waals surface area contributed by atoms with E-state index in [1.165, 1.54) is 38.5 Å². The Balaban J connectivity index is 1.94. The Morgan fingerprint density at radius 1 is 1.29 bits per heavy atom. The van der Waals surface area contributed by atoms with Crippen LogP contribution in [0, 0.1) is 5.92 Å². The van der Waals surface area contributed by atoms with E-state index < -0.39 is 0 Å². The molecule has 100 valence electrons. The Morgan fingerprint density at radius 2 is 1.94 bits per heavy atom. The molecule has 0 atom stereocenters. The number of carbonyl (C=O) groups excluding carboxylic acids is 1. The first-order chi connectivity index (χ1) is 7.97. The van der Waals surface area contributed by atoms with Crippen molar-refractivity contribution in [3.63, 3.8) is 0 Å². The minimum absolute atomic E-state index is 0.154. The van der Waals surface area contributed by atoms with Gasteiger partial charge in [-0.25, -0.2) is 0 Å². The van der Waals surface area contributed by atoms with Crippen molar-refractivity contribution in [3.8, 4) is 0 Å². The van der Waals surface area contributed by atoms with E-state index in [0.29, 0.717) is 6.54 Å². The standard InChI is InChI=1S/C14H27NO2/c1-14(2,3)17-13(16)11-15-10-6-9-12-7-4-5-8-12/h12,15H,4-11H2,1-3H3. The maximum Gasteiger partial charge on any atom is 0.320 e. The van der Waals surface area contributed by atoms with Gasteiger partial charge in [0.25, 0.3) is 0 Å². The zero-order chi connectivity index (χ0) is 12.7. The molecule has 3 nitrogen and oxygen atoms in total. The van der Waals surface area contributed by atoms with E-state index >= 15 is 0 Å². The molecule has 1 fully saturated rings. The lowest BCUT2D eigenvalue weighted by molar-refractivity contribution is -0.153. The molecule has 0 unspecified atom stereocenters. The summed E-state index contributed by atoms with van der Waals surface area (Å²) in [5.41, 5.74) is -0.372. The molecular weight excluding hydrogens is 214 g/mol. The summed E-state index contributed by atoms with van der Waals surface area (Å²) in [6.07, 6.45) is 8.12. The number of nitrogens with one attached hydrogen (secondary N) is 1. The molecule has 0 radical (unpaired) electrons. The van der Waals surface area contributed by atoms with E-state index in [1.807, 2.05) is 20.8 Å². The van der Waals surface area contributed by atoms with Crippen LogP contribution in [0.2, 0.25) is 0 Å². The Morgan fingerprint density at radius 3 is 2.53 bits per heavy atom. The van der Waals surface area contributed by atoms with E-state index in [-0.39, 0.29) is 11.6 Å². The van der Waals surface area contributed by atoms with Crippen LogP contribution in [0.1, 0.15) is 59.3 Å². The van der Waals surface area contributed by atoms with Crippen molar-refractivity contribution in [1.29, 1.82) is 0 Å². The second-order valence-electron chi connectivity index (χ2n) is 6.06. The molecule has 1 N–H and O–H groups in total. The molecule has 0 aliphatic heterocycles. The minimum atomic E-state index is -0.372. The van der Waals surface area contributed by atoms with Crippen LogP contribution in [0.25, 0.3) is 0 Å². The van der Waals surface area contributed by atoms with Crippen LogP contribution < -0.4 is 5.32 Å². The molecule has 0 saturated heterocycles. The molecule has 1 aliphatic rings. The number of hydrogen-bond acceptors (Lipinski definition) is 3. The molecule has 1 rings (SSSR count). The molecule has 0 spiro atoms. The summed E-state index contributed by atoms with van der Waals surface area (Å²) in [4.78, 5) is 11.4. The van der Waals surface area contributed by atoms with Crippen LogP contribution in [0.15, 0.2) is 0 Å². The Bertz CT molecular complexity index is 227. The third kappa shape index (κ3) is 7.37. The van der Waals surface area contributed by atoms with Crippen LogP contribution in [-0.2, 0) is 9.53 Å². The van der Waals surface area contributed by atoms with Crippen LogP contribution in [-0.4, -0.2) is 24.7 Å². The topological polar surface area (TPSA) is 38.3 Å². The summed E-state index contributed by atoms with van der Waals surface area (Å²) in [6, 6.07) is 0. The fourth-order valence-electron chi connectivity index (χ4n) is 2.38. The van der Waals surface area contributed by atoms with Crippen LogP contribution >= 0.6 is 0 Å². The van der Waals surface area contributed by atoms with Crippen molar-refractivity contribution in [2.75, 3.05) is 13.1 Å². The number of rotatable bonds is 6. The average molecular weight is 241 g/mol. The lowest BCUT2D eigenvalue weighted by Crippen LogP contribution is -2.32. The highest BCUT2D eigenvalue weighted by atomic mass is 16.6. The molecule has 1 saturated carbocycles. The number of hydrogen-bond donors (Lipinski definition) is 1. The highest BCUT2D eigenvalue weighted by Gasteiger charge is 2.16. The van der Waals surface area contributed by atoms with E-state index in [9.17, 15) is 4.79 Å². The Hall–Kier alpha value is -0.570. The van der Waals surface area contributed by atoms with Gasteiger partial charge in [-0.15, -0.1) is 0 Å². The SMILES string of the molecule is CC(C)(C)OC(=O)CNCCCC1CCCC1. The summed E-state index contributed by atoms with van der Waals surface area (Å²) in [5.74, 6) is 0.789. The molecule has 0 heterocycles. The van der Waals surface area contributed by atoms with Gasteiger partial charge in [0.2, 0.25) is 0 Å². The predicted octanol–water partition coefficient (Wildman–Crippen LogP) is 2.89. The first-order valence-electron chi connectivity index (χ1n) is 6.90. The van der Waals surface area contributed by atoms with E-state index in [2.05, 4.69) is 5.32 Å². The summed E-state index contributed by atoms with van der Waals surface area (Å²) in [5, 5.41) is 3.16. The maximum absolute atomic E-state index is 11.4. The van der Waals surface area contributed by atoms with Gasteiger partial charge in [-0.3, -0.25) is 4.79 Å². The first-order valence-corrected chi connectivity index (χ1v) is 6.90. The van der Waals surface area contributed by atoms with Gasteiger partial charge in [0.15, 0.2) is 0 Å². The van der Waals surface area contributed by atoms with Crippen molar-refractivity contribution in [2.24, 2.45) is 5.92 Å². The third-order valence-corrected chi connectivity index (χ3v) is 3.13. The van der Waals surface area contributed by atoms with Gasteiger partial charge in [-0.2, -0.15) is 0 Å². The van der Waals surface area contributed by atoms with Crippen molar-refractivity contribution < 1.29 is 9.53 Å². The number of esters is 1. The first kappa shape index (κ1) is 14.5. The van der Waals surface area contributed by atoms with Gasteiger partial charge >= 0.3 is 5.97 Å². The molecular formula is C14H27NO2. The molecule has 0 aromatic rings. The predicted molar refractivity (Wildman–Crippen MR) is 69.9 cm³/mol. The monoisotopic (exact) mass is 241 g/mol. The normalized spacial score (nSPS) is 17.4. The smallest absolute Gasteiger partial charge is 0.320 e. The molecule has 3 heteroatoms. The highest BCUT2D eigenvalue weighted by molar-refractivity contribution is 5.72. The maximum atomic E-state index is 11.4. The summed E-state index contributed by atoms with van der Waals surface area (Å²) in [7, 11) is 0. The molecule has 0 aromatic heterocycles. The number of ether oxygens (including phenoxy) is 1. The van der Waals surface area contributed by atoms with Crippen molar-refractivity contribution in [1.82, 2.24) is 5.32 Å². The fourth-order valence-corrected chi connectivity index (χ4v) is 2.38. The lowest BCUT2D eigenvalue weighted by Gasteiger charge is -2.19. The van der Waals surface area contributed by atoms with Gasteiger partial charge in [0.1, 0.15) is 5.60 Å². The van der Waals surface area contributed by atoms with E-state index in [1.54, 1.807) is 0 Å². The second-order valence-corrected chi connectivity index (χ2v) is 6.06. The van der Waals surface area contributed by atoms with Crippen molar-refractivity contribution in [3.05, 3.63) is 0 Å². The molecule has 0 bridgehead atoms. The van der Waals surface area contributed by atoms with E-state index in [0.717, 1.165) is 12.5 Å². The second kappa shape index (κ2) is 7.00. The summed E-state index contributed by atoms with van der Waals surface area (Å²) in [6.45, 7) is 6.94. The van der Waals surface area contributed by atoms with Gasteiger partial charge < -0.3 is 10.1 Å². The summed E-state index contributed by atoms with van der Waals surface area (Å²) < 4.78 is 5.22. The zero-order valence-corrected chi connectivity index (χ0v) is 11.6. The molecule has 1 aliphatic carbocycles. The average Bonchev–Trinajstić information content (AvgIpc) is 2.67. The van der Waals surface area contributed by atoms with Gasteiger partial charge in [-0.1, -0.05) is 25.7 Å². The molecule has 0 amide bonds. The van der Waals surface area contributed by atoms with Gasteiger partial charge in [0.05, 0.1) is 6.54 Å². The molecule has 17 heavy (non-hydrogen) atoms. The zero-order valence-electron chi connectivity index (χ0n) is 11.6. The van der Waals surface area contributed by atoms with Crippen molar-refractivity contribution in [2.45, 2.75) is 64.9 Å².